The van der Waals surface area contributed by atoms with Crippen LogP contribution in [0.1, 0.15) is 44.1 Å². The molecule has 3 saturated heterocycles. The fourth-order valence-corrected chi connectivity index (χ4v) is 4.87. The molecule has 2 bridgehead atoms. The maximum Gasteiger partial charge on any atom is 0.139 e. The van der Waals surface area contributed by atoms with Gasteiger partial charge in [0.2, 0.25) is 0 Å². The van der Waals surface area contributed by atoms with Gasteiger partial charge in [0, 0.05) is 43.7 Å². The highest BCUT2D eigenvalue weighted by molar-refractivity contribution is 5.83. The van der Waals surface area contributed by atoms with E-state index in [0.717, 1.165) is 45.4 Å². The smallest absolute Gasteiger partial charge is 0.139 e. The van der Waals surface area contributed by atoms with Crippen molar-refractivity contribution in [3.8, 4) is 0 Å². The second-order valence-corrected chi connectivity index (χ2v) is 7.50. The number of piperidine rings is 1. The third kappa shape index (κ3) is 3.22. The number of hydrogen-bond acceptors (Lipinski definition) is 3. The van der Waals surface area contributed by atoms with Gasteiger partial charge in [-0.25, -0.2) is 0 Å². The van der Waals surface area contributed by atoms with E-state index in [1.54, 1.807) is 0 Å². The molecule has 0 N–H and O–H groups in total. The predicted molar refractivity (Wildman–Crippen MR) is 90.1 cm³/mol. The van der Waals surface area contributed by atoms with Crippen LogP contribution < -0.4 is 0 Å². The van der Waals surface area contributed by atoms with E-state index in [2.05, 4.69) is 35.2 Å². The van der Waals surface area contributed by atoms with Crippen LogP contribution in [0.2, 0.25) is 0 Å². The SMILES string of the molecule is O=C(C1CCOCC1)C1CC2CCC(C1)N2Cc1ccccc1. The lowest BCUT2D eigenvalue weighted by Gasteiger charge is -2.39. The lowest BCUT2D eigenvalue weighted by Crippen LogP contribution is -2.45. The molecule has 124 valence electrons. The highest BCUT2D eigenvalue weighted by atomic mass is 16.5. The molecule has 3 heterocycles. The van der Waals surface area contributed by atoms with Crippen molar-refractivity contribution in [1.29, 1.82) is 0 Å². The summed E-state index contributed by atoms with van der Waals surface area (Å²) in [6, 6.07) is 12.0. The minimum Gasteiger partial charge on any atom is -0.381 e. The Labute approximate surface area is 139 Å². The van der Waals surface area contributed by atoms with Gasteiger partial charge in [0.1, 0.15) is 5.78 Å². The van der Waals surface area contributed by atoms with Gasteiger partial charge in [-0.3, -0.25) is 9.69 Å². The van der Waals surface area contributed by atoms with Gasteiger partial charge in [-0.2, -0.15) is 0 Å². The second kappa shape index (κ2) is 6.74. The van der Waals surface area contributed by atoms with Crippen molar-refractivity contribution in [2.24, 2.45) is 11.8 Å². The van der Waals surface area contributed by atoms with Gasteiger partial charge in [0.25, 0.3) is 0 Å². The lowest BCUT2D eigenvalue weighted by atomic mass is 9.80. The summed E-state index contributed by atoms with van der Waals surface area (Å²) in [5.41, 5.74) is 1.40. The average Bonchev–Trinajstić information content (AvgIpc) is 2.84. The molecule has 0 saturated carbocycles. The maximum absolute atomic E-state index is 12.9. The number of ether oxygens (including phenoxy) is 1. The van der Waals surface area contributed by atoms with Gasteiger partial charge in [0.15, 0.2) is 0 Å². The number of Topliss-reactive ketones (excluding diaryl/α,β-unsaturated/α-hetero) is 1. The Hall–Kier alpha value is -1.19. The van der Waals surface area contributed by atoms with Gasteiger partial charge in [-0.1, -0.05) is 30.3 Å². The zero-order valence-corrected chi connectivity index (χ0v) is 13.8. The van der Waals surface area contributed by atoms with E-state index < -0.39 is 0 Å². The molecular weight excluding hydrogens is 286 g/mol. The van der Waals surface area contributed by atoms with Crippen LogP contribution in [-0.2, 0) is 16.1 Å². The molecule has 23 heavy (non-hydrogen) atoms. The largest absolute Gasteiger partial charge is 0.381 e. The normalized spacial score (nSPS) is 32.1. The van der Waals surface area contributed by atoms with Crippen molar-refractivity contribution < 1.29 is 9.53 Å². The Morgan fingerprint density at radius 3 is 2.26 bits per heavy atom. The number of hydrogen-bond donors (Lipinski definition) is 0. The van der Waals surface area contributed by atoms with Crippen LogP contribution in [0, 0.1) is 11.8 Å². The molecule has 0 radical (unpaired) electrons. The first-order valence-corrected chi connectivity index (χ1v) is 9.22. The number of fused-ring (bicyclic) bond motifs is 2. The molecule has 0 aromatic heterocycles. The molecule has 3 aliphatic heterocycles. The topological polar surface area (TPSA) is 29.5 Å². The second-order valence-electron chi connectivity index (χ2n) is 7.50. The third-order valence-electron chi connectivity index (χ3n) is 6.12. The molecule has 3 heteroatoms. The van der Waals surface area contributed by atoms with Crippen LogP contribution in [-0.4, -0.2) is 36.0 Å². The number of carbonyl (C=O) groups is 1. The molecule has 0 amide bonds. The Morgan fingerprint density at radius 2 is 1.61 bits per heavy atom. The molecule has 4 rings (SSSR count). The van der Waals surface area contributed by atoms with Crippen molar-refractivity contribution >= 4 is 5.78 Å². The van der Waals surface area contributed by atoms with E-state index in [0.29, 0.717) is 23.8 Å². The van der Waals surface area contributed by atoms with Crippen LogP contribution in [0.5, 0.6) is 0 Å². The molecular formula is C20H27NO2. The zero-order valence-electron chi connectivity index (χ0n) is 13.8. The summed E-state index contributed by atoms with van der Waals surface area (Å²) in [7, 11) is 0. The quantitative estimate of drug-likeness (QED) is 0.853. The van der Waals surface area contributed by atoms with Gasteiger partial charge in [-0.15, -0.1) is 0 Å². The number of carbonyl (C=O) groups excluding carboxylic acids is 1. The van der Waals surface area contributed by atoms with Gasteiger partial charge >= 0.3 is 0 Å². The highest BCUT2D eigenvalue weighted by Crippen LogP contribution is 2.41. The van der Waals surface area contributed by atoms with Crippen LogP contribution in [0.25, 0.3) is 0 Å². The standard InChI is InChI=1S/C20H27NO2/c22-20(16-8-10-23-11-9-16)17-12-18-6-7-19(13-17)21(18)14-15-4-2-1-3-5-15/h1-5,16-19H,6-14H2. The molecule has 0 aliphatic carbocycles. The summed E-state index contributed by atoms with van der Waals surface area (Å²) in [6.07, 6.45) is 6.60. The monoisotopic (exact) mass is 313 g/mol. The molecule has 0 spiro atoms. The minimum atomic E-state index is 0.272. The predicted octanol–water partition coefficient (Wildman–Crippen LogP) is 3.43. The van der Waals surface area contributed by atoms with E-state index in [1.807, 2.05) is 0 Å². The molecule has 3 fully saturated rings. The van der Waals surface area contributed by atoms with Crippen LogP contribution in [0.3, 0.4) is 0 Å². The lowest BCUT2D eigenvalue weighted by molar-refractivity contribution is -0.132. The van der Waals surface area contributed by atoms with Gasteiger partial charge < -0.3 is 4.74 Å². The first kappa shape index (κ1) is 15.3. The fourth-order valence-electron chi connectivity index (χ4n) is 4.87. The average molecular weight is 313 g/mol. The van der Waals surface area contributed by atoms with E-state index >= 15 is 0 Å². The summed E-state index contributed by atoms with van der Waals surface area (Å²) in [5, 5.41) is 0. The molecule has 3 nitrogen and oxygen atoms in total. The Kier molecular flexibility index (Phi) is 4.50. The highest BCUT2D eigenvalue weighted by Gasteiger charge is 2.43. The van der Waals surface area contributed by atoms with Crippen molar-refractivity contribution in [3.63, 3.8) is 0 Å². The fraction of sp³-hybridized carbons (Fsp3) is 0.650. The maximum atomic E-state index is 12.9. The Balaban J connectivity index is 1.40. The summed E-state index contributed by atoms with van der Waals surface area (Å²) < 4.78 is 5.41. The zero-order chi connectivity index (χ0) is 15.6. The first-order chi connectivity index (χ1) is 11.3. The van der Waals surface area contributed by atoms with Crippen LogP contribution in [0.15, 0.2) is 30.3 Å². The molecule has 1 aromatic rings. The van der Waals surface area contributed by atoms with E-state index in [-0.39, 0.29) is 5.92 Å². The van der Waals surface area contributed by atoms with Crippen LogP contribution >= 0.6 is 0 Å². The van der Waals surface area contributed by atoms with Crippen molar-refractivity contribution in [2.45, 2.75) is 57.2 Å². The summed E-state index contributed by atoms with van der Waals surface area (Å²) in [5.74, 6) is 1.13. The van der Waals surface area contributed by atoms with Gasteiger partial charge in [-0.05, 0) is 44.1 Å². The molecule has 2 atom stereocenters. The van der Waals surface area contributed by atoms with Crippen molar-refractivity contribution in [2.75, 3.05) is 13.2 Å². The number of rotatable bonds is 4. The molecule has 3 aliphatic rings. The number of nitrogens with zero attached hydrogens (tertiary/aromatic N) is 1. The minimum absolute atomic E-state index is 0.272. The summed E-state index contributed by atoms with van der Waals surface area (Å²) in [4.78, 5) is 15.5. The number of ketones is 1. The molecule has 2 unspecified atom stereocenters. The summed E-state index contributed by atoms with van der Waals surface area (Å²) >= 11 is 0. The van der Waals surface area contributed by atoms with E-state index in [1.165, 1.54) is 18.4 Å². The van der Waals surface area contributed by atoms with Gasteiger partial charge in [0.05, 0.1) is 0 Å². The third-order valence-corrected chi connectivity index (χ3v) is 6.12. The van der Waals surface area contributed by atoms with Crippen molar-refractivity contribution in [1.82, 2.24) is 4.90 Å². The molecule has 1 aromatic carbocycles. The first-order valence-electron chi connectivity index (χ1n) is 9.22. The Bertz CT molecular complexity index is 524. The number of benzene rings is 1. The van der Waals surface area contributed by atoms with Crippen molar-refractivity contribution in [3.05, 3.63) is 35.9 Å². The Morgan fingerprint density at radius 1 is 0.957 bits per heavy atom. The summed E-state index contributed by atoms with van der Waals surface area (Å²) in [6.45, 7) is 2.60. The van der Waals surface area contributed by atoms with Crippen LogP contribution in [0.4, 0.5) is 0 Å². The van der Waals surface area contributed by atoms with E-state index in [4.69, 9.17) is 4.74 Å². The van der Waals surface area contributed by atoms with E-state index in [9.17, 15) is 4.79 Å².